The van der Waals surface area contributed by atoms with Crippen LogP contribution in [0.15, 0.2) is 52.7 Å². The molecule has 8 nitrogen and oxygen atoms in total. The van der Waals surface area contributed by atoms with Crippen molar-refractivity contribution in [3.8, 4) is 5.75 Å². The Bertz CT molecular complexity index is 962. The maximum atomic E-state index is 12.9. The fourth-order valence-electron chi connectivity index (χ4n) is 4.07. The molecule has 2 aliphatic rings. The molecule has 2 saturated heterocycles. The van der Waals surface area contributed by atoms with Crippen molar-refractivity contribution in [2.24, 2.45) is 0 Å². The molecule has 0 unspecified atom stereocenters. The average molecular weight is 426 g/mol. The Kier molecular flexibility index (Phi) is 6.39. The Morgan fingerprint density at radius 1 is 1.16 bits per heavy atom. The van der Waals surface area contributed by atoms with Crippen LogP contribution < -0.4 is 4.74 Å². The smallest absolute Gasteiger partial charge is 0.295 e. The number of benzene rings is 1. The number of amides is 1. The molecule has 1 atom stereocenters. The van der Waals surface area contributed by atoms with Gasteiger partial charge >= 0.3 is 0 Å². The third-order valence-electron chi connectivity index (χ3n) is 5.67. The third kappa shape index (κ3) is 4.35. The zero-order chi connectivity index (χ0) is 21.8. The average Bonchev–Trinajstić information content (AvgIpc) is 3.42. The van der Waals surface area contributed by atoms with E-state index in [2.05, 4.69) is 4.90 Å². The summed E-state index contributed by atoms with van der Waals surface area (Å²) in [6.45, 7) is 4.30. The van der Waals surface area contributed by atoms with Crippen molar-refractivity contribution < 1.29 is 28.6 Å². The Labute approximate surface area is 180 Å². The van der Waals surface area contributed by atoms with Crippen molar-refractivity contribution in [1.82, 2.24) is 9.80 Å². The Balaban J connectivity index is 1.63. The number of nitrogens with zero attached hydrogens (tertiary/aromatic N) is 2. The van der Waals surface area contributed by atoms with E-state index in [0.717, 1.165) is 19.6 Å². The van der Waals surface area contributed by atoms with Gasteiger partial charge in [0.25, 0.3) is 11.7 Å². The molecule has 2 aliphatic heterocycles. The first-order valence-corrected chi connectivity index (χ1v) is 10.4. The lowest BCUT2D eigenvalue weighted by Gasteiger charge is -2.28. The number of ether oxygens (including phenoxy) is 2. The summed E-state index contributed by atoms with van der Waals surface area (Å²) in [4.78, 5) is 29.6. The first-order valence-electron chi connectivity index (χ1n) is 10.4. The first-order chi connectivity index (χ1) is 15.1. The van der Waals surface area contributed by atoms with Crippen LogP contribution in [0, 0.1) is 0 Å². The molecule has 2 aromatic rings. The molecule has 164 valence electrons. The van der Waals surface area contributed by atoms with E-state index < -0.39 is 17.7 Å². The number of carbonyl (C=O) groups is 2. The van der Waals surface area contributed by atoms with Crippen LogP contribution in [0.5, 0.6) is 5.75 Å². The van der Waals surface area contributed by atoms with Gasteiger partial charge < -0.3 is 23.9 Å². The molecule has 3 heterocycles. The molecule has 8 heteroatoms. The van der Waals surface area contributed by atoms with Gasteiger partial charge in [-0.3, -0.25) is 14.5 Å². The van der Waals surface area contributed by atoms with Crippen LogP contribution in [0.3, 0.4) is 0 Å². The molecule has 1 amide bonds. The fraction of sp³-hybridized carbons (Fsp3) is 0.391. The topological polar surface area (TPSA) is 92.5 Å². The highest BCUT2D eigenvalue weighted by atomic mass is 16.5. The van der Waals surface area contributed by atoms with Crippen LogP contribution in [-0.2, 0) is 14.3 Å². The van der Waals surface area contributed by atoms with Crippen molar-refractivity contribution >= 4 is 17.4 Å². The van der Waals surface area contributed by atoms with Gasteiger partial charge in [0.05, 0.1) is 32.2 Å². The summed E-state index contributed by atoms with van der Waals surface area (Å²) >= 11 is 0. The molecule has 1 N–H and O–H groups in total. The van der Waals surface area contributed by atoms with Gasteiger partial charge in [0.15, 0.2) is 0 Å². The van der Waals surface area contributed by atoms with E-state index in [-0.39, 0.29) is 11.3 Å². The highest BCUT2D eigenvalue weighted by molar-refractivity contribution is 6.46. The zero-order valence-corrected chi connectivity index (χ0v) is 17.5. The van der Waals surface area contributed by atoms with Crippen LogP contribution in [0.1, 0.15) is 23.8 Å². The van der Waals surface area contributed by atoms with Gasteiger partial charge in [0, 0.05) is 31.7 Å². The van der Waals surface area contributed by atoms with Gasteiger partial charge in [-0.1, -0.05) is 12.1 Å². The zero-order valence-electron chi connectivity index (χ0n) is 17.5. The van der Waals surface area contributed by atoms with Crippen LogP contribution in [0.25, 0.3) is 5.76 Å². The number of morpholine rings is 1. The van der Waals surface area contributed by atoms with Gasteiger partial charge in [-0.05, 0) is 30.7 Å². The van der Waals surface area contributed by atoms with E-state index >= 15 is 0 Å². The lowest BCUT2D eigenvalue weighted by molar-refractivity contribution is -0.140. The number of furan rings is 1. The van der Waals surface area contributed by atoms with Crippen molar-refractivity contribution in [2.45, 2.75) is 12.5 Å². The van der Waals surface area contributed by atoms with Crippen LogP contribution in [-0.4, -0.2) is 73.1 Å². The summed E-state index contributed by atoms with van der Waals surface area (Å²) in [5.41, 5.74) is 0.432. The molecular formula is C23H26N2O6. The number of hydrogen-bond acceptors (Lipinski definition) is 7. The highest BCUT2D eigenvalue weighted by Gasteiger charge is 2.47. The van der Waals surface area contributed by atoms with Gasteiger partial charge in [-0.15, -0.1) is 0 Å². The molecule has 0 saturated carbocycles. The van der Waals surface area contributed by atoms with E-state index in [1.165, 1.54) is 18.3 Å². The molecule has 1 aromatic carbocycles. The number of aliphatic hydroxyl groups excluding tert-OH is 1. The minimum Gasteiger partial charge on any atom is -0.507 e. The lowest BCUT2D eigenvalue weighted by Crippen LogP contribution is -2.38. The third-order valence-corrected chi connectivity index (χ3v) is 5.67. The SMILES string of the molecule is COc1cccc(C(O)=C2C(=O)C(=O)N(CCCN3CCOCC3)[C@H]2c2ccco2)c1. The molecule has 0 bridgehead atoms. The highest BCUT2D eigenvalue weighted by Crippen LogP contribution is 2.39. The van der Waals surface area contributed by atoms with E-state index in [0.29, 0.717) is 43.3 Å². The normalized spacial score (nSPS) is 21.6. The standard InChI is InChI=1S/C23H26N2O6/c1-29-17-6-2-5-16(15-17)21(26)19-20(18-7-3-12-31-18)25(23(28)22(19)27)9-4-8-24-10-13-30-14-11-24/h2-3,5-7,12,15,20,26H,4,8-11,13-14H2,1H3/t20-/m0/s1. The van der Waals surface area contributed by atoms with Crippen molar-refractivity contribution in [3.05, 3.63) is 59.6 Å². The quantitative estimate of drug-likeness (QED) is 0.413. The number of rotatable bonds is 7. The fourth-order valence-corrected chi connectivity index (χ4v) is 4.07. The van der Waals surface area contributed by atoms with Gasteiger partial charge in [-0.25, -0.2) is 0 Å². The Morgan fingerprint density at radius 3 is 2.68 bits per heavy atom. The van der Waals surface area contributed by atoms with Crippen LogP contribution >= 0.6 is 0 Å². The summed E-state index contributed by atoms with van der Waals surface area (Å²) in [6.07, 6.45) is 2.19. The van der Waals surface area contributed by atoms with E-state index in [1.807, 2.05) is 0 Å². The van der Waals surface area contributed by atoms with Crippen molar-refractivity contribution in [2.75, 3.05) is 46.5 Å². The van der Waals surface area contributed by atoms with E-state index in [9.17, 15) is 14.7 Å². The number of ketones is 1. The predicted octanol–water partition coefficient (Wildman–Crippen LogP) is 2.43. The van der Waals surface area contributed by atoms with Crippen molar-refractivity contribution in [3.63, 3.8) is 0 Å². The second-order valence-electron chi connectivity index (χ2n) is 7.55. The number of methoxy groups -OCH3 is 1. The maximum Gasteiger partial charge on any atom is 0.295 e. The van der Waals surface area contributed by atoms with Gasteiger partial charge in [0.1, 0.15) is 23.3 Å². The number of aliphatic hydroxyl groups is 1. The number of hydrogen-bond donors (Lipinski definition) is 1. The minimum absolute atomic E-state index is 0.0274. The summed E-state index contributed by atoms with van der Waals surface area (Å²) in [6, 6.07) is 9.40. The Hall–Kier alpha value is -3.10. The summed E-state index contributed by atoms with van der Waals surface area (Å²) in [5.74, 6) is -0.608. The number of carbonyl (C=O) groups excluding carboxylic acids is 2. The molecule has 4 rings (SSSR count). The number of Topliss-reactive ketones (excluding diaryl/α,β-unsaturated/α-hetero) is 1. The van der Waals surface area contributed by atoms with Gasteiger partial charge in [0.2, 0.25) is 0 Å². The second-order valence-corrected chi connectivity index (χ2v) is 7.55. The molecule has 2 fully saturated rings. The summed E-state index contributed by atoms with van der Waals surface area (Å²) < 4.78 is 16.1. The molecule has 0 aliphatic carbocycles. The maximum absolute atomic E-state index is 12.9. The van der Waals surface area contributed by atoms with Crippen LogP contribution in [0.2, 0.25) is 0 Å². The van der Waals surface area contributed by atoms with Crippen molar-refractivity contribution in [1.29, 1.82) is 0 Å². The predicted molar refractivity (Wildman–Crippen MR) is 113 cm³/mol. The molecule has 31 heavy (non-hydrogen) atoms. The monoisotopic (exact) mass is 426 g/mol. The first kappa shape index (κ1) is 21.1. The van der Waals surface area contributed by atoms with Gasteiger partial charge in [-0.2, -0.15) is 0 Å². The lowest BCUT2D eigenvalue weighted by atomic mass is 9.99. The summed E-state index contributed by atoms with van der Waals surface area (Å²) in [7, 11) is 1.52. The molecular weight excluding hydrogens is 400 g/mol. The second kappa shape index (κ2) is 9.36. The molecule has 0 spiro atoms. The van der Waals surface area contributed by atoms with Crippen LogP contribution in [0.4, 0.5) is 0 Å². The Morgan fingerprint density at radius 2 is 1.97 bits per heavy atom. The molecule has 1 aromatic heterocycles. The van der Waals surface area contributed by atoms with E-state index in [1.54, 1.807) is 36.4 Å². The summed E-state index contributed by atoms with van der Waals surface area (Å²) in [5, 5.41) is 11.0. The minimum atomic E-state index is -0.772. The van der Waals surface area contributed by atoms with E-state index in [4.69, 9.17) is 13.9 Å². The number of likely N-dealkylation sites (tertiary alicyclic amines) is 1. The largest absolute Gasteiger partial charge is 0.507 e. The molecule has 0 radical (unpaired) electrons.